The normalized spacial score (nSPS) is 19.9. The molecule has 1 aliphatic heterocycles. The van der Waals surface area contributed by atoms with Crippen LogP contribution < -0.4 is 5.32 Å². The fourth-order valence-corrected chi connectivity index (χ4v) is 3.01. The smallest absolute Gasteiger partial charge is 0.259 e. The molecule has 0 saturated carbocycles. The molecular formula is C18H22FN3O2. The summed E-state index contributed by atoms with van der Waals surface area (Å²) in [6.45, 7) is 4.88. The van der Waals surface area contributed by atoms with Gasteiger partial charge in [-0.15, -0.1) is 0 Å². The summed E-state index contributed by atoms with van der Waals surface area (Å²) >= 11 is 0. The van der Waals surface area contributed by atoms with Crippen LogP contribution in [0.5, 0.6) is 0 Å². The van der Waals surface area contributed by atoms with Gasteiger partial charge in [0.15, 0.2) is 6.17 Å². The number of carbonyl (C=O) groups is 1. The third kappa shape index (κ3) is 3.48. The van der Waals surface area contributed by atoms with Crippen molar-refractivity contribution in [3.63, 3.8) is 0 Å². The van der Waals surface area contributed by atoms with Gasteiger partial charge in [0, 0.05) is 30.6 Å². The van der Waals surface area contributed by atoms with E-state index in [-0.39, 0.29) is 12.0 Å². The number of hydrogen-bond donors (Lipinski definition) is 1. The second-order valence-electron chi connectivity index (χ2n) is 6.19. The molecule has 0 aliphatic carbocycles. The summed E-state index contributed by atoms with van der Waals surface area (Å²) < 4.78 is 21.3. The maximum Gasteiger partial charge on any atom is 0.259 e. The van der Waals surface area contributed by atoms with Crippen LogP contribution in [0.3, 0.4) is 0 Å². The molecule has 1 aromatic heterocycles. The minimum atomic E-state index is -1.53. The second-order valence-corrected chi connectivity index (χ2v) is 6.19. The fraction of sp³-hybridized carbons (Fsp3) is 0.444. The molecule has 3 rings (SSSR count). The van der Waals surface area contributed by atoms with Crippen molar-refractivity contribution in [3.05, 3.63) is 48.0 Å². The van der Waals surface area contributed by atoms with Gasteiger partial charge < -0.3 is 14.6 Å². The monoisotopic (exact) mass is 331 g/mol. The van der Waals surface area contributed by atoms with Crippen molar-refractivity contribution < 1.29 is 13.9 Å². The Morgan fingerprint density at radius 2 is 2.17 bits per heavy atom. The molecule has 1 amide bonds. The number of nitrogens with zero attached hydrogens (tertiary/aromatic N) is 2. The number of amides is 1. The quantitative estimate of drug-likeness (QED) is 0.916. The number of nitrogens with one attached hydrogen (secondary N) is 1. The van der Waals surface area contributed by atoms with Crippen molar-refractivity contribution in [2.45, 2.75) is 32.5 Å². The standard InChI is InChI=1S/C18H22FN3O2/c1-12(22-9-8-20-13(22)2)14-3-5-16(6-4-14)21-18(23)17(19)15-7-10-24-11-15/h3-6,8-9,12,15,17H,7,10-11H2,1-2H3,(H,21,23)/t12-,15+,17+/m0/s1. The maximum absolute atomic E-state index is 14.1. The lowest BCUT2D eigenvalue weighted by Crippen LogP contribution is -2.31. The lowest BCUT2D eigenvalue weighted by molar-refractivity contribution is -0.122. The summed E-state index contributed by atoms with van der Waals surface area (Å²) in [6.07, 6.45) is 2.77. The molecule has 24 heavy (non-hydrogen) atoms. The Balaban J connectivity index is 1.64. The van der Waals surface area contributed by atoms with Crippen LogP contribution in [0, 0.1) is 12.8 Å². The third-order valence-corrected chi connectivity index (χ3v) is 4.57. The zero-order valence-corrected chi connectivity index (χ0v) is 13.9. The van der Waals surface area contributed by atoms with E-state index in [1.54, 1.807) is 18.3 Å². The molecule has 1 fully saturated rings. The van der Waals surface area contributed by atoms with E-state index in [9.17, 15) is 9.18 Å². The molecule has 2 aromatic rings. The number of benzene rings is 1. The minimum absolute atomic E-state index is 0.141. The molecule has 1 aliphatic rings. The number of imidazole rings is 1. The molecule has 0 radical (unpaired) electrons. The van der Waals surface area contributed by atoms with Gasteiger partial charge in [-0.05, 0) is 38.0 Å². The van der Waals surface area contributed by atoms with Crippen molar-refractivity contribution in [1.82, 2.24) is 9.55 Å². The summed E-state index contributed by atoms with van der Waals surface area (Å²) in [5.74, 6) is 0.00389. The van der Waals surface area contributed by atoms with E-state index >= 15 is 0 Å². The topological polar surface area (TPSA) is 56.2 Å². The van der Waals surface area contributed by atoms with E-state index in [0.29, 0.717) is 25.3 Å². The van der Waals surface area contributed by atoms with Crippen molar-refractivity contribution in [2.75, 3.05) is 18.5 Å². The predicted octanol–water partition coefficient (Wildman–Crippen LogP) is 3.11. The zero-order valence-electron chi connectivity index (χ0n) is 13.9. The van der Waals surface area contributed by atoms with Crippen LogP contribution in [0.2, 0.25) is 0 Å². The first kappa shape index (κ1) is 16.6. The first-order valence-electron chi connectivity index (χ1n) is 8.18. The Morgan fingerprint density at radius 1 is 1.42 bits per heavy atom. The van der Waals surface area contributed by atoms with Gasteiger partial charge in [0.1, 0.15) is 5.82 Å². The largest absolute Gasteiger partial charge is 0.381 e. The minimum Gasteiger partial charge on any atom is -0.381 e. The highest BCUT2D eigenvalue weighted by molar-refractivity contribution is 5.94. The van der Waals surface area contributed by atoms with Crippen LogP contribution in [0.1, 0.15) is 30.8 Å². The molecule has 1 N–H and O–H groups in total. The highest BCUT2D eigenvalue weighted by atomic mass is 19.1. The number of aryl methyl sites for hydroxylation is 1. The molecule has 0 spiro atoms. The lowest BCUT2D eigenvalue weighted by Gasteiger charge is -2.17. The fourth-order valence-electron chi connectivity index (χ4n) is 3.01. The van der Waals surface area contributed by atoms with Gasteiger partial charge in [-0.3, -0.25) is 4.79 Å². The molecule has 0 unspecified atom stereocenters. The molecule has 3 atom stereocenters. The van der Waals surface area contributed by atoms with E-state index in [4.69, 9.17) is 4.74 Å². The zero-order chi connectivity index (χ0) is 17.1. The van der Waals surface area contributed by atoms with Crippen LogP contribution in [0.25, 0.3) is 0 Å². The number of halogens is 1. The number of rotatable bonds is 5. The average molecular weight is 331 g/mol. The number of anilines is 1. The molecule has 128 valence electrons. The summed E-state index contributed by atoms with van der Waals surface area (Å²) in [5, 5.41) is 2.64. The molecule has 1 saturated heterocycles. The maximum atomic E-state index is 14.1. The van der Waals surface area contributed by atoms with Crippen molar-refractivity contribution in [2.24, 2.45) is 5.92 Å². The van der Waals surface area contributed by atoms with Crippen LogP contribution >= 0.6 is 0 Å². The van der Waals surface area contributed by atoms with Crippen molar-refractivity contribution in [1.29, 1.82) is 0 Å². The number of hydrogen-bond acceptors (Lipinski definition) is 3. The van der Waals surface area contributed by atoms with E-state index in [2.05, 4.69) is 21.8 Å². The van der Waals surface area contributed by atoms with E-state index in [1.807, 2.05) is 25.3 Å². The molecule has 2 heterocycles. The highest BCUT2D eigenvalue weighted by Gasteiger charge is 2.31. The predicted molar refractivity (Wildman–Crippen MR) is 89.7 cm³/mol. The van der Waals surface area contributed by atoms with Gasteiger partial charge in [-0.2, -0.15) is 0 Å². The van der Waals surface area contributed by atoms with Gasteiger partial charge in [0.25, 0.3) is 5.91 Å². The SMILES string of the molecule is Cc1nccn1[C@@H](C)c1ccc(NC(=O)[C@H](F)[C@@H]2CCOC2)cc1. The summed E-state index contributed by atoms with van der Waals surface area (Å²) in [5.41, 5.74) is 1.69. The molecule has 5 nitrogen and oxygen atoms in total. The number of carbonyl (C=O) groups excluding carboxylic acids is 1. The van der Waals surface area contributed by atoms with Crippen LogP contribution in [-0.2, 0) is 9.53 Å². The average Bonchev–Trinajstić information content (AvgIpc) is 3.25. The first-order valence-corrected chi connectivity index (χ1v) is 8.18. The molecule has 0 bridgehead atoms. The summed E-state index contributed by atoms with van der Waals surface area (Å²) in [7, 11) is 0. The lowest BCUT2D eigenvalue weighted by atomic mass is 10.0. The van der Waals surface area contributed by atoms with Gasteiger partial charge >= 0.3 is 0 Å². The van der Waals surface area contributed by atoms with Crippen LogP contribution in [0.4, 0.5) is 10.1 Å². The Bertz CT molecular complexity index is 693. The van der Waals surface area contributed by atoms with Crippen LogP contribution in [0.15, 0.2) is 36.7 Å². The van der Waals surface area contributed by atoms with E-state index in [0.717, 1.165) is 11.4 Å². The Kier molecular flexibility index (Phi) is 4.94. The Labute approximate surface area is 140 Å². The summed E-state index contributed by atoms with van der Waals surface area (Å²) in [4.78, 5) is 16.2. The summed E-state index contributed by atoms with van der Waals surface area (Å²) in [6, 6.07) is 7.61. The molecular weight excluding hydrogens is 309 g/mol. The van der Waals surface area contributed by atoms with Gasteiger partial charge in [0.05, 0.1) is 12.6 Å². The Morgan fingerprint density at radius 3 is 2.75 bits per heavy atom. The van der Waals surface area contributed by atoms with E-state index in [1.165, 1.54) is 0 Å². The van der Waals surface area contributed by atoms with Gasteiger partial charge in [0.2, 0.25) is 0 Å². The van der Waals surface area contributed by atoms with Crippen molar-refractivity contribution >= 4 is 11.6 Å². The Hall–Kier alpha value is -2.21. The van der Waals surface area contributed by atoms with E-state index < -0.39 is 12.1 Å². The first-order chi connectivity index (χ1) is 11.6. The molecule has 1 aromatic carbocycles. The van der Waals surface area contributed by atoms with Crippen molar-refractivity contribution in [3.8, 4) is 0 Å². The number of alkyl halides is 1. The van der Waals surface area contributed by atoms with Gasteiger partial charge in [-0.25, -0.2) is 9.37 Å². The molecule has 6 heteroatoms. The number of aromatic nitrogens is 2. The van der Waals surface area contributed by atoms with Crippen LogP contribution in [-0.4, -0.2) is 34.8 Å². The highest BCUT2D eigenvalue weighted by Crippen LogP contribution is 2.23. The van der Waals surface area contributed by atoms with Gasteiger partial charge in [-0.1, -0.05) is 12.1 Å². The third-order valence-electron chi connectivity index (χ3n) is 4.57. The number of ether oxygens (including phenoxy) is 1. The second kappa shape index (κ2) is 7.13.